The lowest BCUT2D eigenvalue weighted by Gasteiger charge is -2.35. The van der Waals surface area contributed by atoms with Crippen LogP contribution < -0.4 is 4.90 Å². The summed E-state index contributed by atoms with van der Waals surface area (Å²) >= 11 is 0. The summed E-state index contributed by atoms with van der Waals surface area (Å²) in [5.41, 5.74) is 1.07. The maximum atomic E-state index is 12.0. The molecule has 5 nitrogen and oxygen atoms in total. The van der Waals surface area contributed by atoms with Crippen LogP contribution in [-0.2, 0) is 4.74 Å². The lowest BCUT2D eigenvalue weighted by Crippen LogP contribution is -2.49. The number of carbonyl (C=O) groups is 1. The fourth-order valence-electron chi connectivity index (χ4n) is 2.59. The SMILES string of the molecule is CCCCCCOC(=O)N1CCN(c2ccc(O)cc2)CC1. The van der Waals surface area contributed by atoms with Gasteiger partial charge >= 0.3 is 6.09 Å². The number of unbranched alkanes of at least 4 members (excludes halogenated alkanes) is 3. The molecule has 1 fully saturated rings. The van der Waals surface area contributed by atoms with E-state index in [1.165, 1.54) is 12.8 Å². The van der Waals surface area contributed by atoms with Crippen molar-refractivity contribution >= 4 is 11.8 Å². The molecule has 0 aliphatic carbocycles. The van der Waals surface area contributed by atoms with Gasteiger partial charge in [0.05, 0.1) is 6.61 Å². The molecule has 22 heavy (non-hydrogen) atoms. The Bertz CT molecular complexity index is 453. The number of amides is 1. The van der Waals surface area contributed by atoms with Crippen molar-refractivity contribution in [3.05, 3.63) is 24.3 Å². The third-order valence-corrected chi connectivity index (χ3v) is 3.98. The molecular formula is C17H26N2O3. The van der Waals surface area contributed by atoms with Gasteiger partial charge in [0.1, 0.15) is 5.75 Å². The van der Waals surface area contributed by atoms with E-state index in [1.54, 1.807) is 17.0 Å². The molecular weight excluding hydrogens is 280 g/mol. The van der Waals surface area contributed by atoms with E-state index >= 15 is 0 Å². The van der Waals surface area contributed by atoms with Gasteiger partial charge in [-0.2, -0.15) is 0 Å². The van der Waals surface area contributed by atoms with Crippen LogP contribution in [0.3, 0.4) is 0 Å². The Hall–Kier alpha value is -1.91. The van der Waals surface area contributed by atoms with Crippen molar-refractivity contribution in [3.63, 3.8) is 0 Å². The fraction of sp³-hybridized carbons (Fsp3) is 0.588. The number of nitrogens with zero attached hydrogens (tertiary/aromatic N) is 2. The molecule has 2 rings (SSSR count). The first-order valence-electron chi connectivity index (χ1n) is 8.16. The molecule has 122 valence electrons. The lowest BCUT2D eigenvalue weighted by atomic mass is 10.2. The van der Waals surface area contributed by atoms with E-state index in [4.69, 9.17) is 4.74 Å². The Morgan fingerprint density at radius 1 is 1.09 bits per heavy atom. The van der Waals surface area contributed by atoms with Crippen LogP contribution in [0.5, 0.6) is 5.75 Å². The number of anilines is 1. The smallest absolute Gasteiger partial charge is 0.409 e. The van der Waals surface area contributed by atoms with E-state index in [1.807, 2.05) is 12.1 Å². The normalized spacial score (nSPS) is 15.0. The number of rotatable bonds is 6. The van der Waals surface area contributed by atoms with Gasteiger partial charge in [0.15, 0.2) is 0 Å². The second-order valence-electron chi connectivity index (χ2n) is 5.67. The topological polar surface area (TPSA) is 53.0 Å². The van der Waals surface area contributed by atoms with Crippen molar-refractivity contribution in [1.82, 2.24) is 4.90 Å². The summed E-state index contributed by atoms with van der Waals surface area (Å²) in [6.45, 7) is 5.62. The summed E-state index contributed by atoms with van der Waals surface area (Å²) in [6, 6.07) is 7.17. The molecule has 1 N–H and O–H groups in total. The van der Waals surface area contributed by atoms with Gasteiger partial charge in [0.25, 0.3) is 0 Å². The minimum Gasteiger partial charge on any atom is -0.508 e. The summed E-state index contributed by atoms with van der Waals surface area (Å²) in [5.74, 6) is 0.272. The number of phenols is 1. The highest BCUT2D eigenvalue weighted by atomic mass is 16.6. The highest BCUT2D eigenvalue weighted by Gasteiger charge is 2.22. The van der Waals surface area contributed by atoms with Gasteiger partial charge in [-0.3, -0.25) is 0 Å². The first-order chi connectivity index (χ1) is 10.7. The third kappa shape index (κ3) is 4.83. The zero-order valence-electron chi connectivity index (χ0n) is 13.3. The predicted octanol–water partition coefficient (Wildman–Crippen LogP) is 3.23. The molecule has 0 spiro atoms. The molecule has 1 saturated heterocycles. The first-order valence-corrected chi connectivity index (χ1v) is 8.16. The molecule has 0 aromatic heterocycles. The lowest BCUT2D eigenvalue weighted by molar-refractivity contribution is 0.0985. The molecule has 5 heteroatoms. The summed E-state index contributed by atoms with van der Waals surface area (Å²) < 4.78 is 5.32. The van der Waals surface area contributed by atoms with Crippen LogP contribution in [0.15, 0.2) is 24.3 Å². The van der Waals surface area contributed by atoms with E-state index < -0.39 is 0 Å². The zero-order valence-corrected chi connectivity index (χ0v) is 13.3. The number of hydrogen-bond acceptors (Lipinski definition) is 4. The maximum absolute atomic E-state index is 12.0. The maximum Gasteiger partial charge on any atom is 0.409 e. The summed E-state index contributed by atoms with van der Waals surface area (Å²) in [4.78, 5) is 16.0. The van der Waals surface area contributed by atoms with Gasteiger partial charge in [0.2, 0.25) is 0 Å². The van der Waals surface area contributed by atoms with E-state index in [-0.39, 0.29) is 11.8 Å². The van der Waals surface area contributed by atoms with E-state index in [2.05, 4.69) is 11.8 Å². The van der Waals surface area contributed by atoms with E-state index in [9.17, 15) is 9.90 Å². The van der Waals surface area contributed by atoms with Gasteiger partial charge in [-0.05, 0) is 30.7 Å². The number of hydrogen-bond donors (Lipinski definition) is 1. The van der Waals surface area contributed by atoms with Crippen LogP contribution in [0.1, 0.15) is 32.6 Å². The third-order valence-electron chi connectivity index (χ3n) is 3.98. The van der Waals surface area contributed by atoms with Gasteiger partial charge in [-0.1, -0.05) is 26.2 Å². The predicted molar refractivity (Wildman–Crippen MR) is 87.4 cm³/mol. The fourth-order valence-corrected chi connectivity index (χ4v) is 2.59. The Morgan fingerprint density at radius 3 is 2.41 bits per heavy atom. The number of ether oxygens (including phenoxy) is 1. The quantitative estimate of drug-likeness (QED) is 0.820. The molecule has 1 aliphatic rings. The van der Waals surface area contributed by atoms with E-state index in [0.717, 1.165) is 31.6 Å². The summed E-state index contributed by atoms with van der Waals surface area (Å²) in [5, 5.41) is 9.32. The number of aromatic hydroxyl groups is 1. The number of carbonyl (C=O) groups excluding carboxylic acids is 1. The van der Waals surface area contributed by atoms with Gasteiger partial charge in [-0.25, -0.2) is 4.79 Å². The average molecular weight is 306 g/mol. The number of piperazine rings is 1. The largest absolute Gasteiger partial charge is 0.508 e. The second-order valence-corrected chi connectivity index (χ2v) is 5.67. The minimum atomic E-state index is -0.193. The van der Waals surface area contributed by atoms with Crippen molar-refractivity contribution in [2.24, 2.45) is 0 Å². The Morgan fingerprint density at radius 2 is 1.77 bits per heavy atom. The van der Waals surface area contributed by atoms with Crippen LogP contribution in [0.25, 0.3) is 0 Å². The molecule has 0 saturated carbocycles. The summed E-state index contributed by atoms with van der Waals surface area (Å²) in [7, 11) is 0. The number of benzene rings is 1. The molecule has 1 heterocycles. The number of phenolic OH excluding ortho intramolecular Hbond substituents is 1. The summed E-state index contributed by atoms with van der Waals surface area (Å²) in [6.07, 6.45) is 4.27. The minimum absolute atomic E-state index is 0.193. The van der Waals surface area contributed by atoms with Gasteiger partial charge in [-0.15, -0.1) is 0 Å². The van der Waals surface area contributed by atoms with Crippen LogP contribution in [-0.4, -0.2) is 48.9 Å². The Balaban J connectivity index is 1.70. The van der Waals surface area contributed by atoms with Crippen molar-refractivity contribution in [1.29, 1.82) is 0 Å². The van der Waals surface area contributed by atoms with Crippen molar-refractivity contribution in [3.8, 4) is 5.75 Å². The average Bonchev–Trinajstić information content (AvgIpc) is 2.55. The van der Waals surface area contributed by atoms with Gasteiger partial charge in [0, 0.05) is 31.9 Å². The Labute approximate surface area is 132 Å². The standard InChI is InChI=1S/C17H26N2O3/c1-2-3-4-5-14-22-17(21)19-12-10-18(11-13-19)15-6-8-16(20)9-7-15/h6-9,20H,2-5,10-14H2,1H3. The van der Waals surface area contributed by atoms with Crippen LogP contribution in [0.2, 0.25) is 0 Å². The second kappa shape index (κ2) is 8.51. The van der Waals surface area contributed by atoms with E-state index in [0.29, 0.717) is 19.7 Å². The Kier molecular flexibility index (Phi) is 6.37. The monoisotopic (exact) mass is 306 g/mol. The van der Waals surface area contributed by atoms with Crippen molar-refractivity contribution in [2.45, 2.75) is 32.6 Å². The van der Waals surface area contributed by atoms with Crippen LogP contribution >= 0.6 is 0 Å². The molecule has 0 atom stereocenters. The molecule has 1 aromatic rings. The highest BCUT2D eigenvalue weighted by molar-refractivity contribution is 5.68. The first kappa shape index (κ1) is 16.5. The van der Waals surface area contributed by atoms with Gasteiger partial charge < -0.3 is 19.6 Å². The molecule has 1 amide bonds. The van der Waals surface area contributed by atoms with Crippen LogP contribution in [0, 0.1) is 0 Å². The molecule has 0 unspecified atom stereocenters. The molecule has 0 radical (unpaired) electrons. The van der Waals surface area contributed by atoms with Crippen molar-refractivity contribution in [2.75, 3.05) is 37.7 Å². The molecule has 1 aliphatic heterocycles. The zero-order chi connectivity index (χ0) is 15.8. The van der Waals surface area contributed by atoms with Crippen molar-refractivity contribution < 1.29 is 14.6 Å². The highest BCUT2D eigenvalue weighted by Crippen LogP contribution is 2.20. The molecule has 0 bridgehead atoms. The molecule has 1 aromatic carbocycles. The van der Waals surface area contributed by atoms with Crippen LogP contribution in [0.4, 0.5) is 10.5 Å².